The molecule has 0 spiro atoms. The van der Waals surface area contributed by atoms with E-state index in [0.717, 1.165) is 37.4 Å². The quantitative estimate of drug-likeness (QED) is 0.620. The monoisotopic (exact) mass is 465 g/mol. The number of rotatable bonds is 5. The first kappa shape index (κ1) is 22.4. The lowest BCUT2D eigenvalue weighted by atomic mass is 9.93. The summed E-state index contributed by atoms with van der Waals surface area (Å²) < 4.78 is 22.5. The molecule has 1 saturated heterocycles. The summed E-state index contributed by atoms with van der Waals surface area (Å²) in [4.78, 5) is 28.9. The Morgan fingerprint density at radius 2 is 1.88 bits per heavy atom. The second-order valence-corrected chi connectivity index (χ2v) is 9.17. The molecule has 5 rings (SSSR count). The third-order valence-corrected chi connectivity index (χ3v) is 7.11. The molecule has 178 valence electrons. The molecule has 1 fully saturated rings. The summed E-state index contributed by atoms with van der Waals surface area (Å²) in [7, 11) is 1.65. The number of anilines is 1. The third-order valence-electron chi connectivity index (χ3n) is 7.11. The van der Waals surface area contributed by atoms with Gasteiger partial charge >= 0.3 is 5.97 Å². The van der Waals surface area contributed by atoms with Gasteiger partial charge in [-0.25, -0.2) is 9.18 Å². The maximum Gasteiger partial charge on any atom is 0.341 e. The second-order valence-electron chi connectivity index (χ2n) is 9.17. The number of aromatic carboxylic acids is 1. The molecule has 0 amide bonds. The van der Waals surface area contributed by atoms with Crippen LogP contribution in [0, 0.1) is 5.82 Å². The predicted molar refractivity (Wildman–Crippen MR) is 129 cm³/mol. The maximum atomic E-state index is 15.5. The molecule has 3 heterocycles. The summed E-state index contributed by atoms with van der Waals surface area (Å²) in [5.74, 6) is -0.906. The summed E-state index contributed by atoms with van der Waals surface area (Å²) in [5, 5.41) is 9.63. The van der Waals surface area contributed by atoms with Gasteiger partial charge in [-0.15, -0.1) is 0 Å². The molecule has 1 N–H and O–H groups in total. The number of ether oxygens (including phenoxy) is 1. The highest BCUT2D eigenvalue weighted by atomic mass is 19.1. The van der Waals surface area contributed by atoms with Gasteiger partial charge in [-0.3, -0.25) is 9.69 Å². The van der Waals surface area contributed by atoms with Crippen molar-refractivity contribution in [3.8, 4) is 5.75 Å². The Balaban J connectivity index is 1.45. The van der Waals surface area contributed by atoms with Gasteiger partial charge in [-0.2, -0.15) is 0 Å². The number of pyridine rings is 1. The van der Waals surface area contributed by atoms with Gasteiger partial charge in [0.2, 0.25) is 5.43 Å². The predicted octanol–water partition coefficient (Wildman–Crippen LogP) is 3.68. The topological polar surface area (TPSA) is 75.0 Å². The van der Waals surface area contributed by atoms with Gasteiger partial charge in [-0.1, -0.05) is 12.1 Å². The highest BCUT2D eigenvalue weighted by Crippen LogP contribution is 2.38. The van der Waals surface area contributed by atoms with Crippen LogP contribution in [0.25, 0.3) is 10.9 Å². The van der Waals surface area contributed by atoms with Crippen molar-refractivity contribution in [3.63, 3.8) is 0 Å². The van der Waals surface area contributed by atoms with Gasteiger partial charge in [0, 0.05) is 55.9 Å². The Morgan fingerprint density at radius 1 is 1.18 bits per heavy atom. The van der Waals surface area contributed by atoms with E-state index in [1.54, 1.807) is 7.11 Å². The van der Waals surface area contributed by atoms with Crippen molar-refractivity contribution in [2.24, 2.45) is 0 Å². The zero-order valence-corrected chi connectivity index (χ0v) is 19.4. The molecule has 1 atom stereocenters. The van der Waals surface area contributed by atoms with Crippen molar-refractivity contribution in [1.29, 1.82) is 0 Å². The summed E-state index contributed by atoms with van der Waals surface area (Å²) >= 11 is 0. The Morgan fingerprint density at radius 3 is 2.53 bits per heavy atom. The number of carbonyl (C=O) groups is 1. The van der Waals surface area contributed by atoms with Crippen LogP contribution in [0.3, 0.4) is 0 Å². The molecule has 0 radical (unpaired) electrons. The Labute approximate surface area is 197 Å². The number of aryl methyl sites for hydroxylation is 1. The number of hydrogen-bond acceptors (Lipinski definition) is 5. The first-order valence-corrected chi connectivity index (χ1v) is 11.6. The van der Waals surface area contributed by atoms with Crippen LogP contribution in [-0.2, 0) is 13.0 Å². The number of carboxylic acids is 1. The van der Waals surface area contributed by atoms with Crippen LogP contribution in [0.4, 0.5) is 10.1 Å². The van der Waals surface area contributed by atoms with Gasteiger partial charge in [0.15, 0.2) is 0 Å². The van der Waals surface area contributed by atoms with Crippen molar-refractivity contribution >= 4 is 22.6 Å². The maximum absolute atomic E-state index is 15.5. The van der Waals surface area contributed by atoms with Crippen LogP contribution in [0.5, 0.6) is 5.75 Å². The zero-order valence-electron chi connectivity index (χ0n) is 19.4. The molecule has 2 aromatic carbocycles. The van der Waals surface area contributed by atoms with Crippen LogP contribution in [-0.4, -0.2) is 53.8 Å². The fourth-order valence-corrected chi connectivity index (χ4v) is 5.25. The fraction of sp³-hybridized carbons (Fsp3) is 0.385. The molecule has 2 aliphatic heterocycles. The number of benzene rings is 2. The molecule has 7 nitrogen and oxygen atoms in total. The van der Waals surface area contributed by atoms with Crippen LogP contribution < -0.4 is 15.1 Å². The van der Waals surface area contributed by atoms with E-state index < -0.39 is 17.2 Å². The summed E-state index contributed by atoms with van der Waals surface area (Å²) in [6, 6.07) is 9.30. The van der Waals surface area contributed by atoms with E-state index in [4.69, 9.17) is 4.74 Å². The molecule has 1 aromatic heterocycles. The molecule has 2 aliphatic rings. The van der Waals surface area contributed by atoms with Gasteiger partial charge in [0.1, 0.15) is 17.1 Å². The van der Waals surface area contributed by atoms with E-state index in [1.165, 1.54) is 17.8 Å². The lowest BCUT2D eigenvalue weighted by Gasteiger charge is -2.38. The number of methoxy groups -OCH3 is 1. The molecule has 8 heteroatoms. The molecule has 34 heavy (non-hydrogen) atoms. The largest absolute Gasteiger partial charge is 0.497 e. The average Bonchev–Trinajstić information content (AvgIpc) is 2.83. The Kier molecular flexibility index (Phi) is 5.77. The van der Waals surface area contributed by atoms with Crippen molar-refractivity contribution in [2.75, 3.05) is 38.2 Å². The zero-order chi connectivity index (χ0) is 24.0. The highest BCUT2D eigenvalue weighted by molar-refractivity contribution is 5.95. The van der Waals surface area contributed by atoms with Gasteiger partial charge in [-0.05, 0) is 43.5 Å². The first-order valence-electron chi connectivity index (χ1n) is 11.6. The van der Waals surface area contributed by atoms with E-state index in [-0.39, 0.29) is 17.0 Å². The van der Waals surface area contributed by atoms with E-state index in [9.17, 15) is 14.7 Å². The summed E-state index contributed by atoms with van der Waals surface area (Å²) in [6.07, 6.45) is 2.84. The standard InChI is InChI=1S/C26H28FN3O4/c1-16-3-8-19-23-20(25(31)21(26(32)33)15-30(16)23)13-22(27)24(19)29-11-9-28(10-12-29)14-17-4-6-18(34-2)7-5-17/h4-7,13,15-16H,3,8-12,14H2,1-2H3,(H,32,33). The van der Waals surface area contributed by atoms with Gasteiger partial charge in [0.05, 0.1) is 18.3 Å². The van der Waals surface area contributed by atoms with E-state index in [1.807, 2.05) is 23.6 Å². The van der Waals surface area contributed by atoms with Crippen LogP contribution in [0.1, 0.15) is 40.9 Å². The normalized spacial score (nSPS) is 18.3. The van der Waals surface area contributed by atoms with E-state index in [0.29, 0.717) is 30.7 Å². The number of halogens is 1. The number of piperazine rings is 1. The minimum absolute atomic E-state index is 0.0355. The smallest absolute Gasteiger partial charge is 0.341 e. The van der Waals surface area contributed by atoms with Crippen LogP contribution in [0.2, 0.25) is 0 Å². The van der Waals surface area contributed by atoms with Crippen molar-refractivity contribution in [2.45, 2.75) is 32.4 Å². The minimum Gasteiger partial charge on any atom is -0.497 e. The lowest BCUT2D eigenvalue weighted by molar-refractivity contribution is 0.0694. The Bertz CT molecular complexity index is 1310. The number of aromatic nitrogens is 1. The average molecular weight is 466 g/mol. The molecule has 0 aliphatic carbocycles. The highest BCUT2D eigenvalue weighted by Gasteiger charge is 2.30. The van der Waals surface area contributed by atoms with Crippen LogP contribution in [0.15, 0.2) is 41.3 Å². The summed E-state index contributed by atoms with van der Waals surface area (Å²) in [5.41, 5.74) is 2.31. The SMILES string of the molecule is COc1ccc(CN2CCN(c3c(F)cc4c(=O)c(C(=O)O)cn5c4c3CCC5C)CC2)cc1. The molecule has 1 unspecified atom stereocenters. The van der Waals surface area contributed by atoms with Crippen molar-refractivity contribution < 1.29 is 19.0 Å². The van der Waals surface area contributed by atoms with Crippen molar-refractivity contribution in [3.05, 3.63) is 69.3 Å². The first-order chi connectivity index (χ1) is 16.4. The number of hydrogen-bond donors (Lipinski definition) is 1. The second kappa shape index (κ2) is 8.76. The minimum atomic E-state index is -1.28. The van der Waals surface area contributed by atoms with Gasteiger partial charge in [0.25, 0.3) is 0 Å². The van der Waals surface area contributed by atoms with Crippen molar-refractivity contribution in [1.82, 2.24) is 9.47 Å². The van der Waals surface area contributed by atoms with Gasteiger partial charge < -0.3 is 19.3 Å². The Hall–Kier alpha value is -3.39. The lowest BCUT2D eigenvalue weighted by Crippen LogP contribution is -2.46. The van der Waals surface area contributed by atoms with E-state index in [2.05, 4.69) is 21.9 Å². The summed E-state index contributed by atoms with van der Waals surface area (Å²) in [6.45, 7) is 5.77. The number of nitrogens with zero attached hydrogens (tertiary/aromatic N) is 3. The third kappa shape index (κ3) is 3.81. The molecule has 0 saturated carbocycles. The number of carboxylic acid groups (broad SMARTS) is 1. The molecular weight excluding hydrogens is 437 g/mol. The molecule has 3 aromatic rings. The van der Waals surface area contributed by atoms with Crippen LogP contribution >= 0.6 is 0 Å². The fourth-order valence-electron chi connectivity index (χ4n) is 5.25. The van der Waals surface area contributed by atoms with E-state index >= 15 is 4.39 Å². The molecule has 0 bridgehead atoms. The molecular formula is C26H28FN3O4.